The average molecular weight is 571 g/mol. The number of halogens is 1. The van der Waals surface area contributed by atoms with Gasteiger partial charge in [0.15, 0.2) is 5.65 Å². The topological polar surface area (TPSA) is 89.4 Å². The van der Waals surface area contributed by atoms with E-state index in [0.717, 1.165) is 62.9 Å². The first-order valence-electron chi connectivity index (χ1n) is 15.0. The van der Waals surface area contributed by atoms with Crippen LogP contribution in [-0.4, -0.2) is 62.2 Å². The van der Waals surface area contributed by atoms with E-state index in [4.69, 9.17) is 5.73 Å². The molecule has 3 heterocycles. The lowest BCUT2D eigenvalue weighted by Crippen LogP contribution is -2.48. The molecule has 0 bridgehead atoms. The highest BCUT2D eigenvalue weighted by Gasteiger charge is 2.26. The smallest absolute Gasteiger partial charge is 0.328 e. The lowest BCUT2D eigenvalue weighted by atomic mass is 9.91. The Kier molecular flexibility index (Phi) is 8.07. The molecule has 220 valence electrons. The van der Waals surface area contributed by atoms with Crippen molar-refractivity contribution in [2.75, 3.05) is 26.2 Å². The minimum atomic E-state index is -0.613. The molecular formula is C33H39FN6O2. The fourth-order valence-corrected chi connectivity index (χ4v) is 6.42. The third kappa shape index (κ3) is 5.69. The van der Waals surface area contributed by atoms with Gasteiger partial charge in [0, 0.05) is 50.8 Å². The molecule has 4 aromatic rings. The lowest BCUT2D eigenvalue weighted by Gasteiger charge is -2.36. The summed E-state index contributed by atoms with van der Waals surface area (Å²) >= 11 is 0. The summed E-state index contributed by atoms with van der Waals surface area (Å²) in [6.45, 7) is 9.75. The number of nitrogens with two attached hydrogens (primary N) is 1. The standard InChI is InChI=1S/C33H39FN6O2/c1-22(2)38-16-14-37(15-17-38)21-23-6-8-24(9-7-23)25-4-3-5-29(18-25)39-31-30(19-26(34)20-36-31)32(41)40(33(39)42)28-12-10-27(35)11-13-28/h3-9,18-20,22,27-28H,10-17,21,35H2,1-2H3. The van der Waals surface area contributed by atoms with Crippen molar-refractivity contribution in [1.82, 2.24) is 23.9 Å². The van der Waals surface area contributed by atoms with Crippen molar-refractivity contribution < 1.29 is 4.39 Å². The molecule has 9 heteroatoms. The molecule has 0 spiro atoms. The molecule has 1 aliphatic heterocycles. The highest BCUT2D eigenvalue weighted by Crippen LogP contribution is 2.27. The summed E-state index contributed by atoms with van der Waals surface area (Å²) in [5, 5.41) is 0.0912. The quantitative estimate of drug-likeness (QED) is 0.372. The molecule has 2 aliphatic rings. The van der Waals surface area contributed by atoms with E-state index in [9.17, 15) is 14.0 Å². The first-order valence-corrected chi connectivity index (χ1v) is 15.0. The number of rotatable bonds is 6. The van der Waals surface area contributed by atoms with Gasteiger partial charge in [0.25, 0.3) is 5.56 Å². The van der Waals surface area contributed by atoms with E-state index in [0.29, 0.717) is 24.6 Å². The third-order valence-corrected chi connectivity index (χ3v) is 8.93. The van der Waals surface area contributed by atoms with E-state index in [-0.39, 0.29) is 23.1 Å². The molecule has 0 unspecified atom stereocenters. The zero-order valence-electron chi connectivity index (χ0n) is 24.4. The summed E-state index contributed by atoms with van der Waals surface area (Å²) in [5.74, 6) is -0.613. The molecule has 8 nitrogen and oxygen atoms in total. The van der Waals surface area contributed by atoms with Crippen LogP contribution in [0, 0.1) is 5.82 Å². The summed E-state index contributed by atoms with van der Waals surface area (Å²) in [6, 6.07) is 17.7. The summed E-state index contributed by atoms with van der Waals surface area (Å²) in [4.78, 5) is 36.7. The van der Waals surface area contributed by atoms with Crippen LogP contribution in [0.2, 0.25) is 0 Å². The number of piperazine rings is 1. The van der Waals surface area contributed by atoms with Gasteiger partial charge in [-0.05, 0) is 74.4 Å². The van der Waals surface area contributed by atoms with Gasteiger partial charge in [-0.3, -0.25) is 19.2 Å². The first-order chi connectivity index (χ1) is 20.3. The summed E-state index contributed by atoms with van der Waals surface area (Å²) in [7, 11) is 0. The third-order valence-electron chi connectivity index (χ3n) is 8.93. The normalized spacial score (nSPS) is 20.4. The Balaban J connectivity index is 1.32. The SMILES string of the molecule is CC(C)N1CCN(Cc2ccc(-c3cccc(-n4c(=O)n(C5CCC(N)CC5)c(=O)c5cc(F)cnc54)c3)cc2)CC1. The van der Waals surface area contributed by atoms with Crippen LogP contribution >= 0.6 is 0 Å². The van der Waals surface area contributed by atoms with Crippen molar-refractivity contribution in [2.45, 2.75) is 64.2 Å². The maximum Gasteiger partial charge on any atom is 0.337 e. The first kappa shape index (κ1) is 28.5. The zero-order chi connectivity index (χ0) is 29.4. The highest BCUT2D eigenvalue weighted by molar-refractivity contribution is 5.76. The number of benzene rings is 2. The van der Waals surface area contributed by atoms with Gasteiger partial charge in [-0.1, -0.05) is 36.4 Å². The molecule has 0 radical (unpaired) electrons. The zero-order valence-corrected chi connectivity index (χ0v) is 24.4. The summed E-state index contributed by atoms with van der Waals surface area (Å²) < 4.78 is 17.0. The van der Waals surface area contributed by atoms with Crippen LogP contribution in [0.1, 0.15) is 51.1 Å². The second kappa shape index (κ2) is 11.9. The molecule has 1 saturated carbocycles. The van der Waals surface area contributed by atoms with Gasteiger partial charge in [-0.15, -0.1) is 0 Å². The molecule has 6 rings (SSSR count). The molecule has 0 atom stereocenters. The predicted molar refractivity (Wildman–Crippen MR) is 164 cm³/mol. The van der Waals surface area contributed by atoms with Gasteiger partial charge >= 0.3 is 5.69 Å². The number of fused-ring (bicyclic) bond motifs is 1. The van der Waals surface area contributed by atoms with E-state index < -0.39 is 17.1 Å². The monoisotopic (exact) mass is 570 g/mol. The van der Waals surface area contributed by atoms with Gasteiger partial charge in [0.2, 0.25) is 0 Å². The van der Waals surface area contributed by atoms with E-state index in [1.807, 2.05) is 24.3 Å². The largest absolute Gasteiger partial charge is 0.337 e. The van der Waals surface area contributed by atoms with Gasteiger partial charge in [-0.25, -0.2) is 18.7 Å². The predicted octanol–water partition coefficient (Wildman–Crippen LogP) is 4.32. The van der Waals surface area contributed by atoms with Crippen LogP contribution in [0.5, 0.6) is 0 Å². The molecule has 42 heavy (non-hydrogen) atoms. The molecule has 2 fully saturated rings. The van der Waals surface area contributed by atoms with Crippen LogP contribution in [0.4, 0.5) is 4.39 Å². The van der Waals surface area contributed by atoms with Crippen LogP contribution in [0.3, 0.4) is 0 Å². The van der Waals surface area contributed by atoms with Crippen LogP contribution in [0.25, 0.3) is 27.8 Å². The number of aromatic nitrogens is 3. The van der Waals surface area contributed by atoms with Crippen LogP contribution in [-0.2, 0) is 6.54 Å². The van der Waals surface area contributed by atoms with Crippen molar-refractivity contribution in [1.29, 1.82) is 0 Å². The second-order valence-corrected chi connectivity index (χ2v) is 12.0. The Morgan fingerprint density at radius 1 is 0.929 bits per heavy atom. The van der Waals surface area contributed by atoms with E-state index >= 15 is 0 Å². The molecular weight excluding hydrogens is 531 g/mol. The number of hydrogen-bond donors (Lipinski definition) is 1. The van der Waals surface area contributed by atoms with Gasteiger partial charge in [-0.2, -0.15) is 0 Å². The fraction of sp³-hybridized carbons (Fsp3) is 0.424. The van der Waals surface area contributed by atoms with E-state index in [2.05, 4.69) is 52.9 Å². The van der Waals surface area contributed by atoms with Crippen LogP contribution < -0.4 is 17.0 Å². The molecule has 2 aromatic carbocycles. The van der Waals surface area contributed by atoms with E-state index in [1.54, 1.807) is 0 Å². The van der Waals surface area contributed by atoms with Crippen molar-refractivity contribution in [2.24, 2.45) is 5.73 Å². The van der Waals surface area contributed by atoms with Crippen molar-refractivity contribution in [3.8, 4) is 16.8 Å². The van der Waals surface area contributed by atoms with Gasteiger partial charge in [0.05, 0.1) is 17.3 Å². The lowest BCUT2D eigenvalue weighted by molar-refractivity contribution is 0.104. The second-order valence-electron chi connectivity index (χ2n) is 12.0. The average Bonchev–Trinajstić information content (AvgIpc) is 2.99. The Hall–Kier alpha value is -3.66. The van der Waals surface area contributed by atoms with Crippen molar-refractivity contribution >= 4 is 11.0 Å². The molecule has 2 aromatic heterocycles. The summed E-state index contributed by atoms with van der Waals surface area (Å²) in [5.41, 5.74) is 9.08. The fourth-order valence-electron chi connectivity index (χ4n) is 6.42. The minimum absolute atomic E-state index is 0.0666. The van der Waals surface area contributed by atoms with Crippen molar-refractivity contribution in [3.63, 3.8) is 0 Å². The van der Waals surface area contributed by atoms with Crippen LogP contribution in [0.15, 0.2) is 70.4 Å². The number of pyridine rings is 1. The Labute approximate surface area is 245 Å². The van der Waals surface area contributed by atoms with E-state index in [1.165, 1.54) is 20.8 Å². The van der Waals surface area contributed by atoms with Gasteiger partial charge in [0.1, 0.15) is 5.82 Å². The Morgan fingerprint density at radius 3 is 2.33 bits per heavy atom. The van der Waals surface area contributed by atoms with Crippen molar-refractivity contribution in [3.05, 3.63) is 93.0 Å². The molecule has 1 saturated heterocycles. The maximum absolute atomic E-state index is 14.3. The maximum atomic E-state index is 14.3. The number of nitrogens with zero attached hydrogens (tertiary/aromatic N) is 5. The molecule has 2 N–H and O–H groups in total. The Morgan fingerprint density at radius 2 is 1.64 bits per heavy atom. The van der Waals surface area contributed by atoms with Gasteiger partial charge < -0.3 is 5.73 Å². The minimum Gasteiger partial charge on any atom is -0.328 e. The Bertz CT molecular complexity index is 1680. The highest BCUT2D eigenvalue weighted by atomic mass is 19.1. The summed E-state index contributed by atoms with van der Waals surface area (Å²) in [6.07, 6.45) is 3.77. The number of hydrogen-bond acceptors (Lipinski definition) is 6. The molecule has 1 aliphatic carbocycles. The molecule has 0 amide bonds.